The summed E-state index contributed by atoms with van der Waals surface area (Å²) < 4.78 is 8.94. The van der Waals surface area contributed by atoms with Crippen molar-refractivity contribution in [1.82, 2.24) is 14.8 Å². The van der Waals surface area contributed by atoms with Gasteiger partial charge in [-0.2, -0.15) is 0 Å². The van der Waals surface area contributed by atoms with E-state index in [0.717, 1.165) is 44.0 Å². The van der Waals surface area contributed by atoms with Crippen molar-refractivity contribution in [3.8, 4) is 11.5 Å². The van der Waals surface area contributed by atoms with Crippen molar-refractivity contribution in [1.29, 1.82) is 0 Å². The van der Waals surface area contributed by atoms with Crippen molar-refractivity contribution in [3.05, 3.63) is 104 Å². The van der Waals surface area contributed by atoms with Gasteiger partial charge in [-0.1, -0.05) is 57.9 Å². The van der Waals surface area contributed by atoms with E-state index < -0.39 is 5.97 Å². The van der Waals surface area contributed by atoms with Gasteiger partial charge in [-0.3, -0.25) is 0 Å². The molecule has 9 heteroatoms. The molecule has 0 spiro atoms. The number of hydrogen-bond acceptors (Lipinski definition) is 5. The smallest absolute Gasteiger partial charge is 0.342 e. The predicted molar refractivity (Wildman–Crippen MR) is 146 cm³/mol. The summed E-state index contributed by atoms with van der Waals surface area (Å²) in [5, 5.41) is 19.8. The first-order chi connectivity index (χ1) is 17.4. The second kappa shape index (κ2) is 10.3. The van der Waals surface area contributed by atoms with Gasteiger partial charge in [0, 0.05) is 43.8 Å². The average molecular weight is 581 g/mol. The summed E-state index contributed by atoms with van der Waals surface area (Å²) in [7, 11) is 0. The van der Waals surface area contributed by atoms with Crippen LogP contribution in [0, 0.1) is 6.92 Å². The van der Waals surface area contributed by atoms with Crippen LogP contribution in [0.3, 0.4) is 0 Å². The Labute approximate surface area is 224 Å². The highest BCUT2D eigenvalue weighted by molar-refractivity contribution is 9.10. The number of carbonyl (C=O) groups is 1. The van der Waals surface area contributed by atoms with Crippen LogP contribution in [0.1, 0.15) is 16.8 Å². The largest absolute Gasteiger partial charge is 0.477 e. The van der Waals surface area contributed by atoms with Crippen molar-refractivity contribution >= 4 is 62.2 Å². The van der Waals surface area contributed by atoms with Crippen LogP contribution in [0.5, 0.6) is 0 Å². The van der Waals surface area contributed by atoms with Crippen molar-refractivity contribution in [2.45, 2.75) is 18.7 Å². The molecule has 5 aromatic rings. The SMILES string of the molecule is Cc1c(/C=C(\Sc2nnc(-c3ccc(Cl)cc3)o2)C(=O)O)c2ccccc2n1Cc1ccc(Br)cc1. The normalized spacial score (nSPS) is 11.8. The van der Waals surface area contributed by atoms with Crippen LogP contribution < -0.4 is 0 Å². The lowest BCUT2D eigenvalue weighted by Crippen LogP contribution is -2.02. The Balaban J connectivity index is 1.50. The van der Waals surface area contributed by atoms with E-state index in [9.17, 15) is 9.90 Å². The standard InChI is InChI=1S/C27H19BrClN3O3S/c1-16-22(21-4-2-3-5-23(21)32(16)15-17-6-10-19(28)11-7-17)14-24(26(33)34)36-27-31-30-25(35-27)18-8-12-20(29)13-9-18/h2-14H,15H2,1H3,(H,33,34)/b24-14-. The molecule has 2 aromatic heterocycles. The van der Waals surface area contributed by atoms with Gasteiger partial charge < -0.3 is 14.1 Å². The molecule has 1 N–H and O–H groups in total. The van der Waals surface area contributed by atoms with E-state index in [1.54, 1.807) is 30.3 Å². The van der Waals surface area contributed by atoms with Gasteiger partial charge >= 0.3 is 5.97 Å². The number of nitrogens with zero attached hydrogens (tertiary/aromatic N) is 3. The zero-order valence-electron chi connectivity index (χ0n) is 19.0. The molecule has 0 amide bonds. The average Bonchev–Trinajstić information content (AvgIpc) is 3.44. The molecule has 0 aliphatic carbocycles. The van der Waals surface area contributed by atoms with Gasteiger partial charge in [-0.05, 0) is 72.8 Å². The van der Waals surface area contributed by atoms with Crippen LogP contribution in [0.4, 0.5) is 0 Å². The Bertz CT molecular complexity index is 1590. The second-order valence-electron chi connectivity index (χ2n) is 8.02. The van der Waals surface area contributed by atoms with Gasteiger partial charge in [0.05, 0.1) is 0 Å². The highest BCUT2D eigenvalue weighted by Crippen LogP contribution is 2.34. The number of halogens is 2. The number of benzene rings is 3. The first-order valence-electron chi connectivity index (χ1n) is 10.9. The van der Waals surface area contributed by atoms with Crippen LogP contribution in [0.2, 0.25) is 5.02 Å². The number of rotatable bonds is 7. The lowest BCUT2D eigenvalue weighted by atomic mass is 10.1. The highest BCUT2D eigenvalue weighted by Gasteiger charge is 2.19. The van der Waals surface area contributed by atoms with Gasteiger partial charge in [0.2, 0.25) is 5.89 Å². The van der Waals surface area contributed by atoms with E-state index in [2.05, 4.69) is 42.8 Å². The van der Waals surface area contributed by atoms with Gasteiger partial charge in [0.15, 0.2) is 0 Å². The fourth-order valence-electron chi connectivity index (χ4n) is 3.94. The third-order valence-electron chi connectivity index (χ3n) is 5.71. The lowest BCUT2D eigenvalue weighted by molar-refractivity contribution is -0.131. The molecular weight excluding hydrogens is 562 g/mol. The summed E-state index contributed by atoms with van der Waals surface area (Å²) >= 11 is 10.3. The molecule has 0 unspecified atom stereocenters. The van der Waals surface area contributed by atoms with Crippen LogP contribution >= 0.6 is 39.3 Å². The number of carboxylic acids is 1. The number of hydrogen-bond donors (Lipinski definition) is 1. The van der Waals surface area contributed by atoms with Gasteiger partial charge in [0.25, 0.3) is 5.22 Å². The maximum atomic E-state index is 12.2. The third-order valence-corrected chi connectivity index (χ3v) is 7.35. The fourth-order valence-corrected chi connectivity index (χ4v) is 4.98. The summed E-state index contributed by atoms with van der Waals surface area (Å²) in [6, 6.07) is 23.1. The zero-order chi connectivity index (χ0) is 25.2. The molecule has 2 heterocycles. The molecule has 0 bridgehead atoms. The molecule has 0 saturated carbocycles. The Kier molecular flexibility index (Phi) is 7.00. The number of fused-ring (bicyclic) bond motifs is 1. The lowest BCUT2D eigenvalue weighted by Gasteiger charge is -2.09. The second-order valence-corrected chi connectivity index (χ2v) is 10.4. The Morgan fingerprint density at radius 2 is 1.81 bits per heavy atom. The van der Waals surface area contributed by atoms with E-state index in [1.807, 2.05) is 43.3 Å². The third kappa shape index (κ3) is 5.11. The molecule has 0 saturated heterocycles. The Morgan fingerprint density at radius 3 is 2.53 bits per heavy atom. The summed E-state index contributed by atoms with van der Waals surface area (Å²) in [5.74, 6) is -0.781. The maximum absolute atomic E-state index is 12.2. The van der Waals surface area contributed by atoms with E-state index in [-0.39, 0.29) is 10.1 Å². The molecule has 36 heavy (non-hydrogen) atoms. The van der Waals surface area contributed by atoms with Gasteiger partial charge in [-0.25, -0.2) is 4.79 Å². The van der Waals surface area contributed by atoms with E-state index in [4.69, 9.17) is 16.0 Å². The monoisotopic (exact) mass is 579 g/mol. The van der Waals surface area contributed by atoms with Crippen LogP contribution in [-0.4, -0.2) is 25.8 Å². The molecule has 6 nitrogen and oxygen atoms in total. The summed E-state index contributed by atoms with van der Waals surface area (Å²) in [6.07, 6.45) is 1.68. The number of carboxylic acid groups (broad SMARTS) is 1. The topological polar surface area (TPSA) is 81.2 Å². The Morgan fingerprint density at radius 1 is 1.08 bits per heavy atom. The van der Waals surface area contributed by atoms with Crippen molar-refractivity contribution in [2.24, 2.45) is 0 Å². The quantitative estimate of drug-likeness (QED) is 0.157. The van der Waals surface area contributed by atoms with Gasteiger partial charge in [0.1, 0.15) is 4.91 Å². The molecule has 0 aliphatic heterocycles. The minimum absolute atomic E-state index is 0.0796. The van der Waals surface area contributed by atoms with Crippen molar-refractivity contribution < 1.29 is 14.3 Å². The first kappa shape index (κ1) is 24.4. The van der Waals surface area contributed by atoms with Crippen LogP contribution in [0.15, 0.2) is 91.8 Å². The molecule has 3 aromatic carbocycles. The summed E-state index contributed by atoms with van der Waals surface area (Å²) in [4.78, 5) is 12.3. The first-order valence-corrected chi connectivity index (χ1v) is 12.9. The summed E-state index contributed by atoms with van der Waals surface area (Å²) in [5.41, 5.74) is 4.68. The van der Waals surface area contributed by atoms with E-state index >= 15 is 0 Å². The van der Waals surface area contributed by atoms with Crippen molar-refractivity contribution in [2.75, 3.05) is 0 Å². The maximum Gasteiger partial charge on any atom is 0.342 e. The molecule has 0 atom stereocenters. The Hall–Kier alpha value is -3.33. The molecular formula is C27H19BrClN3O3S. The minimum atomic E-state index is -1.07. The number of thioether (sulfide) groups is 1. The van der Waals surface area contributed by atoms with Crippen LogP contribution in [0.25, 0.3) is 28.4 Å². The predicted octanol–water partition coefficient (Wildman–Crippen LogP) is 7.68. The number of para-hydroxylation sites is 1. The van der Waals surface area contributed by atoms with Crippen molar-refractivity contribution in [3.63, 3.8) is 0 Å². The molecule has 0 radical (unpaired) electrons. The molecule has 0 aliphatic rings. The molecule has 0 fully saturated rings. The number of aromatic nitrogens is 3. The zero-order valence-corrected chi connectivity index (χ0v) is 22.1. The van der Waals surface area contributed by atoms with Gasteiger partial charge in [-0.15, -0.1) is 10.2 Å². The molecule has 5 rings (SSSR count). The van der Waals surface area contributed by atoms with E-state index in [1.165, 1.54) is 0 Å². The van der Waals surface area contributed by atoms with E-state index in [0.29, 0.717) is 23.0 Å². The highest BCUT2D eigenvalue weighted by atomic mass is 79.9. The van der Waals surface area contributed by atoms with Crippen LogP contribution in [-0.2, 0) is 11.3 Å². The minimum Gasteiger partial charge on any atom is -0.477 e. The number of aliphatic carboxylic acids is 1. The molecule has 180 valence electrons. The summed E-state index contributed by atoms with van der Waals surface area (Å²) in [6.45, 7) is 2.66. The fraction of sp³-hybridized carbons (Fsp3) is 0.0741.